The Morgan fingerprint density at radius 1 is 0.889 bits per heavy atom. The van der Waals surface area contributed by atoms with Gasteiger partial charge in [0, 0.05) is 28.5 Å². The van der Waals surface area contributed by atoms with Crippen LogP contribution in [-0.2, 0) is 9.53 Å². The SMILES string of the molecule is COc1ccc(C2=CC(=C3c4ccccc4-c4ncccc43)C(=O)O2)cc1. The number of ether oxygens (including phenoxy) is 2. The van der Waals surface area contributed by atoms with Crippen LogP contribution < -0.4 is 4.74 Å². The third-order valence-electron chi connectivity index (χ3n) is 4.87. The van der Waals surface area contributed by atoms with Crippen molar-refractivity contribution in [1.29, 1.82) is 0 Å². The first-order valence-electron chi connectivity index (χ1n) is 8.64. The molecule has 1 aliphatic heterocycles. The van der Waals surface area contributed by atoms with Crippen LogP contribution in [0.15, 0.2) is 78.5 Å². The summed E-state index contributed by atoms with van der Waals surface area (Å²) < 4.78 is 10.8. The Labute approximate surface area is 156 Å². The van der Waals surface area contributed by atoms with E-state index in [-0.39, 0.29) is 5.97 Å². The molecule has 0 atom stereocenters. The summed E-state index contributed by atoms with van der Waals surface area (Å²) in [6.45, 7) is 0. The van der Waals surface area contributed by atoms with Crippen LogP contribution >= 0.6 is 0 Å². The quantitative estimate of drug-likeness (QED) is 0.394. The highest BCUT2D eigenvalue weighted by Crippen LogP contribution is 2.46. The van der Waals surface area contributed by atoms with E-state index < -0.39 is 0 Å². The van der Waals surface area contributed by atoms with Gasteiger partial charge >= 0.3 is 5.97 Å². The number of rotatable bonds is 2. The number of esters is 1. The summed E-state index contributed by atoms with van der Waals surface area (Å²) in [6, 6.07) is 19.3. The molecule has 0 unspecified atom stereocenters. The number of carbonyl (C=O) groups excluding carboxylic acids is 1. The third-order valence-corrected chi connectivity index (χ3v) is 4.87. The molecular formula is C23H15NO3. The molecule has 3 aromatic rings. The molecule has 0 amide bonds. The van der Waals surface area contributed by atoms with E-state index in [0.29, 0.717) is 11.3 Å². The predicted octanol–water partition coefficient (Wildman–Crippen LogP) is 4.47. The van der Waals surface area contributed by atoms with Crippen LogP contribution in [0.2, 0.25) is 0 Å². The van der Waals surface area contributed by atoms with Crippen molar-refractivity contribution < 1.29 is 14.3 Å². The van der Waals surface area contributed by atoms with Gasteiger partial charge in [0.25, 0.3) is 0 Å². The lowest BCUT2D eigenvalue weighted by Crippen LogP contribution is -2.00. The Bertz CT molecular complexity index is 1090. The normalized spacial score (nSPS) is 17.2. The summed E-state index contributed by atoms with van der Waals surface area (Å²) in [5.74, 6) is 0.953. The fourth-order valence-corrected chi connectivity index (χ4v) is 3.61. The van der Waals surface area contributed by atoms with Gasteiger partial charge < -0.3 is 9.47 Å². The van der Waals surface area contributed by atoms with Gasteiger partial charge in [-0.1, -0.05) is 30.3 Å². The maximum Gasteiger partial charge on any atom is 0.344 e. The van der Waals surface area contributed by atoms with E-state index in [1.54, 1.807) is 13.3 Å². The minimum atomic E-state index is -0.345. The summed E-state index contributed by atoms with van der Waals surface area (Å²) in [4.78, 5) is 17.2. The molecule has 5 rings (SSSR count). The Kier molecular flexibility index (Phi) is 3.44. The molecule has 0 saturated carbocycles. The lowest BCUT2D eigenvalue weighted by atomic mass is 9.98. The zero-order chi connectivity index (χ0) is 18.4. The standard InChI is InChI=1S/C23H15NO3/c1-26-15-10-8-14(9-11-15)20-13-19(23(25)27-20)21-16-5-2-3-6-17(16)22-18(21)7-4-12-24-22/h2-13H,1H3. The topological polar surface area (TPSA) is 48.4 Å². The largest absolute Gasteiger partial charge is 0.497 e. The van der Waals surface area contributed by atoms with Crippen LogP contribution in [-0.4, -0.2) is 18.1 Å². The average Bonchev–Trinajstić information content (AvgIpc) is 3.26. The lowest BCUT2D eigenvalue weighted by Gasteiger charge is -2.04. The lowest BCUT2D eigenvalue weighted by molar-refractivity contribution is -0.130. The van der Waals surface area contributed by atoms with Crippen LogP contribution in [0.5, 0.6) is 5.75 Å². The van der Waals surface area contributed by atoms with E-state index in [4.69, 9.17) is 9.47 Å². The molecule has 27 heavy (non-hydrogen) atoms. The van der Waals surface area contributed by atoms with Crippen molar-refractivity contribution in [2.75, 3.05) is 7.11 Å². The Morgan fingerprint density at radius 3 is 2.41 bits per heavy atom. The number of benzene rings is 2. The second-order valence-corrected chi connectivity index (χ2v) is 6.36. The second-order valence-electron chi connectivity index (χ2n) is 6.36. The van der Waals surface area contributed by atoms with E-state index >= 15 is 0 Å². The second kappa shape index (κ2) is 5.95. The highest BCUT2D eigenvalue weighted by Gasteiger charge is 2.32. The first-order chi connectivity index (χ1) is 13.3. The maximum atomic E-state index is 12.7. The summed E-state index contributed by atoms with van der Waals surface area (Å²) >= 11 is 0. The number of methoxy groups -OCH3 is 1. The maximum absolute atomic E-state index is 12.7. The van der Waals surface area contributed by atoms with Crippen molar-refractivity contribution in [1.82, 2.24) is 4.98 Å². The molecule has 0 radical (unpaired) electrons. The van der Waals surface area contributed by atoms with Gasteiger partial charge in [0.05, 0.1) is 18.4 Å². The van der Waals surface area contributed by atoms with Gasteiger partial charge in [-0.2, -0.15) is 0 Å². The minimum absolute atomic E-state index is 0.345. The summed E-state index contributed by atoms with van der Waals surface area (Å²) in [6.07, 6.45) is 3.59. The van der Waals surface area contributed by atoms with Crippen molar-refractivity contribution in [3.05, 3.63) is 95.2 Å². The van der Waals surface area contributed by atoms with Gasteiger partial charge in [-0.05, 0) is 42.0 Å². The van der Waals surface area contributed by atoms with Gasteiger partial charge in [0.1, 0.15) is 11.5 Å². The average molecular weight is 353 g/mol. The first kappa shape index (κ1) is 15.6. The van der Waals surface area contributed by atoms with Crippen LogP contribution in [0.1, 0.15) is 16.7 Å². The molecule has 0 saturated heterocycles. The van der Waals surface area contributed by atoms with Gasteiger partial charge in [0.15, 0.2) is 0 Å². The zero-order valence-corrected chi connectivity index (χ0v) is 14.6. The molecule has 130 valence electrons. The number of cyclic esters (lactones) is 1. The molecular weight excluding hydrogens is 338 g/mol. The number of hydrogen-bond donors (Lipinski definition) is 0. The van der Waals surface area contributed by atoms with Crippen LogP contribution in [0.25, 0.3) is 22.6 Å². The summed E-state index contributed by atoms with van der Waals surface area (Å²) in [5, 5.41) is 0. The zero-order valence-electron chi connectivity index (χ0n) is 14.6. The van der Waals surface area contributed by atoms with Gasteiger partial charge in [-0.15, -0.1) is 0 Å². The molecule has 1 aliphatic carbocycles. The van der Waals surface area contributed by atoms with Crippen molar-refractivity contribution in [2.45, 2.75) is 0 Å². The Balaban J connectivity index is 1.69. The fourth-order valence-electron chi connectivity index (χ4n) is 3.61. The third kappa shape index (κ3) is 2.38. The van der Waals surface area contributed by atoms with Crippen molar-refractivity contribution in [3.8, 4) is 17.0 Å². The predicted molar refractivity (Wildman–Crippen MR) is 103 cm³/mol. The molecule has 0 bridgehead atoms. The highest BCUT2D eigenvalue weighted by atomic mass is 16.5. The van der Waals surface area contributed by atoms with Crippen molar-refractivity contribution in [3.63, 3.8) is 0 Å². The molecule has 0 spiro atoms. The van der Waals surface area contributed by atoms with E-state index in [9.17, 15) is 4.79 Å². The highest BCUT2D eigenvalue weighted by molar-refractivity contribution is 6.14. The number of carbonyl (C=O) groups is 1. The molecule has 2 aromatic carbocycles. The number of hydrogen-bond acceptors (Lipinski definition) is 4. The van der Waals surface area contributed by atoms with Gasteiger partial charge in [0.2, 0.25) is 0 Å². The molecule has 0 N–H and O–H groups in total. The molecule has 4 heteroatoms. The fraction of sp³-hybridized carbons (Fsp3) is 0.0435. The monoisotopic (exact) mass is 353 g/mol. The van der Waals surface area contributed by atoms with Gasteiger partial charge in [-0.25, -0.2) is 4.79 Å². The molecule has 1 aromatic heterocycles. The van der Waals surface area contributed by atoms with Crippen LogP contribution in [0.3, 0.4) is 0 Å². The Hall–Kier alpha value is -3.66. The smallest absolute Gasteiger partial charge is 0.344 e. The van der Waals surface area contributed by atoms with E-state index in [1.807, 2.05) is 66.7 Å². The first-order valence-corrected chi connectivity index (χ1v) is 8.64. The van der Waals surface area contributed by atoms with Crippen molar-refractivity contribution >= 4 is 17.3 Å². The number of fused-ring (bicyclic) bond motifs is 3. The number of nitrogens with zero attached hydrogens (tertiary/aromatic N) is 1. The molecule has 4 nitrogen and oxygen atoms in total. The van der Waals surface area contributed by atoms with Crippen LogP contribution in [0.4, 0.5) is 0 Å². The van der Waals surface area contributed by atoms with E-state index in [1.165, 1.54) is 0 Å². The minimum Gasteiger partial charge on any atom is -0.497 e. The molecule has 2 aliphatic rings. The van der Waals surface area contributed by atoms with Gasteiger partial charge in [-0.3, -0.25) is 4.98 Å². The number of pyridine rings is 1. The summed E-state index contributed by atoms with van der Waals surface area (Å²) in [5.41, 5.74) is 6.16. The van der Waals surface area contributed by atoms with Crippen LogP contribution in [0, 0.1) is 0 Å². The molecule has 2 heterocycles. The van der Waals surface area contributed by atoms with E-state index in [2.05, 4.69) is 4.98 Å². The molecule has 0 fully saturated rings. The van der Waals surface area contributed by atoms with Crippen molar-refractivity contribution in [2.24, 2.45) is 0 Å². The number of aromatic nitrogens is 1. The summed E-state index contributed by atoms with van der Waals surface area (Å²) in [7, 11) is 1.62. The Morgan fingerprint density at radius 2 is 1.63 bits per heavy atom. The van der Waals surface area contributed by atoms with E-state index in [0.717, 1.165) is 39.3 Å².